The lowest BCUT2D eigenvalue weighted by Crippen LogP contribution is -2.43. The van der Waals surface area contributed by atoms with E-state index < -0.39 is 0 Å². The van der Waals surface area contributed by atoms with Gasteiger partial charge in [0.2, 0.25) is 0 Å². The van der Waals surface area contributed by atoms with Crippen molar-refractivity contribution in [3.8, 4) is 0 Å². The van der Waals surface area contributed by atoms with Crippen molar-refractivity contribution in [3.05, 3.63) is 34.9 Å². The minimum atomic E-state index is 0.295. The smallest absolute Gasteiger partial charge is 0.0728 e. The Bertz CT molecular complexity index is 355. The summed E-state index contributed by atoms with van der Waals surface area (Å²) in [7, 11) is 0. The second-order valence-electron chi connectivity index (χ2n) is 5.14. The van der Waals surface area contributed by atoms with E-state index >= 15 is 0 Å². The Labute approximate surface area is 118 Å². The highest BCUT2D eigenvalue weighted by Crippen LogP contribution is 2.18. The van der Waals surface area contributed by atoms with Gasteiger partial charge in [-0.3, -0.25) is 0 Å². The van der Waals surface area contributed by atoms with Gasteiger partial charge in [0.25, 0.3) is 0 Å². The van der Waals surface area contributed by atoms with Gasteiger partial charge in [-0.2, -0.15) is 0 Å². The molecule has 0 heterocycles. The molecule has 2 unspecified atom stereocenters. The van der Waals surface area contributed by atoms with Gasteiger partial charge in [0.1, 0.15) is 0 Å². The molecular formula is C17H29NO. The molecule has 2 nitrogen and oxygen atoms in total. The number of nitrogens with one attached hydrogen (secondary N) is 1. The van der Waals surface area contributed by atoms with E-state index in [-0.39, 0.29) is 0 Å². The second kappa shape index (κ2) is 8.34. The van der Waals surface area contributed by atoms with Gasteiger partial charge in [0.15, 0.2) is 0 Å². The molecular weight excluding hydrogens is 234 g/mol. The molecule has 0 aliphatic heterocycles. The maximum absolute atomic E-state index is 5.90. The van der Waals surface area contributed by atoms with E-state index in [1.54, 1.807) is 0 Å². The molecule has 0 aliphatic carbocycles. The van der Waals surface area contributed by atoms with Gasteiger partial charge < -0.3 is 10.1 Å². The summed E-state index contributed by atoms with van der Waals surface area (Å²) < 4.78 is 5.90. The first-order valence-electron chi connectivity index (χ1n) is 7.54. The molecule has 1 rings (SSSR count). The van der Waals surface area contributed by atoms with Crippen LogP contribution in [0.1, 0.15) is 43.9 Å². The van der Waals surface area contributed by atoms with Crippen LogP contribution in [0.4, 0.5) is 0 Å². The fourth-order valence-electron chi connectivity index (χ4n) is 2.72. The monoisotopic (exact) mass is 263 g/mol. The van der Waals surface area contributed by atoms with Crippen molar-refractivity contribution in [1.82, 2.24) is 5.32 Å². The van der Waals surface area contributed by atoms with Crippen LogP contribution in [0.25, 0.3) is 0 Å². The van der Waals surface area contributed by atoms with E-state index in [2.05, 4.69) is 58.1 Å². The summed E-state index contributed by atoms with van der Waals surface area (Å²) in [5, 5.41) is 3.60. The molecule has 108 valence electrons. The van der Waals surface area contributed by atoms with Crippen LogP contribution in [-0.4, -0.2) is 25.3 Å². The van der Waals surface area contributed by atoms with Crippen LogP contribution in [0.2, 0.25) is 0 Å². The zero-order valence-electron chi connectivity index (χ0n) is 13.1. The van der Waals surface area contributed by atoms with Crippen LogP contribution in [-0.2, 0) is 11.2 Å². The highest BCUT2D eigenvalue weighted by Gasteiger charge is 2.21. The van der Waals surface area contributed by atoms with E-state index in [1.807, 2.05) is 0 Å². The summed E-state index contributed by atoms with van der Waals surface area (Å²) in [6.07, 6.45) is 2.39. The van der Waals surface area contributed by atoms with Gasteiger partial charge in [0, 0.05) is 12.6 Å². The molecule has 0 aliphatic rings. The average molecular weight is 263 g/mol. The van der Waals surface area contributed by atoms with Crippen LogP contribution in [0.5, 0.6) is 0 Å². The predicted octanol–water partition coefficient (Wildman–Crippen LogP) is 3.64. The highest BCUT2D eigenvalue weighted by atomic mass is 16.5. The Kier molecular flexibility index (Phi) is 7.11. The summed E-state index contributed by atoms with van der Waals surface area (Å²) in [6.45, 7) is 12.6. The maximum Gasteiger partial charge on any atom is 0.0728 e. The summed E-state index contributed by atoms with van der Waals surface area (Å²) in [5.74, 6) is 0. The van der Waals surface area contributed by atoms with Crippen molar-refractivity contribution in [1.29, 1.82) is 0 Å². The van der Waals surface area contributed by atoms with E-state index in [0.717, 1.165) is 26.0 Å². The Morgan fingerprint density at radius 1 is 1.11 bits per heavy atom. The molecule has 0 spiro atoms. The number of rotatable bonds is 8. The zero-order chi connectivity index (χ0) is 14.3. The fourth-order valence-corrected chi connectivity index (χ4v) is 2.72. The SMILES string of the molecule is CCNC(Cc1c(C)cccc1C)C(CC)OCC. The normalized spacial score (nSPS) is 14.4. The fraction of sp³-hybridized carbons (Fsp3) is 0.647. The second-order valence-corrected chi connectivity index (χ2v) is 5.14. The maximum atomic E-state index is 5.90. The summed E-state index contributed by atoms with van der Waals surface area (Å²) in [5.41, 5.74) is 4.23. The van der Waals surface area contributed by atoms with Crippen molar-refractivity contribution < 1.29 is 4.74 Å². The molecule has 1 aromatic rings. The number of likely N-dealkylation sites (N-methyl/N-ethyl adjacent to an activating group) is 1. The minimum absolute atomic E-state index is 0.295. The predicted molar refractivity (Wildman–Crippen MR) is 82.8 cm³/mol. The summed E-state index contributed by atoms with van der Waals surface area (Å²) >= 11 is 0. The number of ether oxygens (including phenoxy) is 1. The lowest BCUT2D eigenvalue weighted by molar-refractivity contribution is 0.0323. The van der Waals surface area contributed by atoms with E-state index in [9.17, 15) is 0 Å². The van der Waals surface area contributed by atoms with Crippen LogP contribution >= 0.6 is 0 Å². The first kappa shape index (κ1) is 16.2. The molecule has 0 radical (unpaired) electrons. The van der Waals surface area contributed by atoms with E-state index in [4.69, 9.17) is 4.74 Å². The first-order chi connectivity index (χ1) is 9.13. The lowest BCUT2D eigenvalue weighted by atomic mass is 9.93. The van der Waals surface area contributed by atoms with Crippen molar-refractivity contribution in [2.75, 3.05) is 13.2 Å². The number of hydrogen-bond donors (Lipinski definition) is 1. The number of aryl methyl sites for hydroxylation is 2. The van der Waals surface area contributed by atoms with Gasteiger partial charge in [0.05, 0.1) is 6.10 Å². The summed E-state index contributed by atoms with van der Waals surface area (Å²) in [4.78, 5) is 0. The van der Waals surface area contributed by atoms with Crippen LogP contribution in [0, 0.1) is 13.8 Å². The van der Waals surface area contributed by atoms with Crippen molar-refractivity contribution in [2.45, 2.75) is 59.6 Å². The van der Waals surface area contributed by atoms with Crippen molar-refractivity contribution >= 4 is 0 Å². The van der Waals surface area contributed by atoms with Crippen LogP contribution < -0.4 is 5.32 Å². The third-order valence-corrected chi connectivity index (χ3v) is 3.77. The molecule has 0 aromatic heterocycles. The molecule has 0 fully saturated rings. The minimum Gasteiger partial charge on any atom is -0.377 e. The quantitative estimate of drug-likeness (QED) is 0.773. The highest BCUT2D eigenvalue weighted by molar-refractivity contribution is 5.34. The van der Waals surface area contributed by atoms with Crippen molar-refractivity contribution in [3.63, 3.8) is 0 Å². The van der Waals surface area contributed by atoms with Crippen molar-refractivity contribution in [2.24, 2.45) is 0 Å². The molecule has 19 heavy (non-hydrogen) atoms. The Morgan fingerprint density at radius 3 is 2.21 bits per heavy atom. The number of benzene rings is 1. The van der Waals surface area contributed by atoms with Crippen LogP contribution in [0.3, 0.4) is 0 Å². The molecule has 0 saturated carbocycles. The van der Waals surface area contributed by atoms with E-state index in [0.29, 0.717) is 12.1 Å². The Hall–Kier alpha value is -0.860. The molecule has 1 aromatic carbocycles. The molecule has 2 atom stereocenters. The molecule has 2 heteroatoms. The lowest BCUT2D eigenvalue weighted by Gasteiger charge is -2.28. The standard InChI is InChI=1S/C17H29NO/c1-6-17(19-8-3)16(18-7-2)12-15-13(4)10-9-11-14(15)5/h9-11,16-18H,6-8,12H2,1-5H3. The van der Waals surface area contributed by atoms with Crippen LogP contribution in [0.15, 0.2) is 18.2 Å². The Balaban J connectivity index is 2.88. The molecule has 0 amide bonds. The largest absolute Gasteiger partial charge is 0.377 e. The molecule has 1 N–H and O–H groups in total. The topological polar surface area (TPSA) is 21.3 Å². The van der Waals surface area contributed by atoms with Gasteiger partial charge in [-0.05, 0) is 56.8 Å². The van der Waals surface area contributed by atoms with Gasteiger partial charge >= 0.3 is 0 Å². The first-order valence-corrected chi connectivity index (χ1v) is 7.54. The summed E-state index contributed by atoms with van der Waals surface area (Å²) in [6, 6.07) is 6.94. The van der Waals surface area contributed by atoms with Gasteiger partial charge in [-0.1, -0.05) is 32.0 Å². The molecule has 0 bridgehead atoms. The molecule has 0 saturated heterocycles. The zero-order valence-corrected chi connectivity index (χ0v) is 13.1. The third-order valence-electron chi connectivity index (χ3n) is 3.77. The van der Waals surface area contributed by atoms with Gasteiger partial charge in [-0.25, -0.2) is 0 Å². The average Bonchev–Trinajstić information content (AvgIpc) is 2.39. The third kappa shape index (κ3) is 4.63. The van der Waals surface area contributed by atoms with E-state index in [1.165, 1.54) is 16.7 Å². The van der Waals surface area contributed by atoms with Gasteiger partial charge in [-0.15, -0.1) is 0 Å². The number of hydrogen-bond acceptors (Lipinski definition) is 2. The Morgan fingerprint density at radius 2 is 1.74 bits per heavy atom.